The molecule has 0 aromatic heterocycles. The molecule has 0 saturated heterocycles. The third-order valence-corrected chi connectivity index (χ3v) is 4.95. The smallest absolute Gasteiger partial charge is 0.335 e. The van der Waals surface area contributed by atoms with Crippen LogP contribution in [0.2, 0.25) is 0 Å². The first-order valence-corrected chi connectivity index (χ1v) is 6.50. The zero-order valence-corrected chi connectivity index (χ0v) is 9.84. The number of hydrogen-bond acceptors (Lipinski definition) is 3. The molecule has 0 radical (unpaired) electrons. The molecule has 0 fully saturated rings. The van der Waals surface area contributed by atoms with E-state index in [0.717, 1.165) is 0 Å². The van der Waals surface area contributed by atoms with Gasteiger partial charge in [-0.25, -0.2) is 13.2 Å². The maximum atomic E-state index is 11.9. The summed E-state index contributed by atoms with van der Waals surface area (Å²) in [5.74, 6) is -1.07. The lowest BCUT2D eigenvalue weighted by Gasteiger charge is -2.16. The van der Waals surface area contributed by atoms with Gasteiger partial charge in [-0.15, -0.1) is 0 Å². The van der Waals surface area contributed by atoms with E-state index >= 15 is 0 Å². The van der Waals surface area contributed by atoms with Crippen LogP contribution in [0, 0.1) is 0 Å². The SMILES string of the molecule is CC1(C)CS(=O)(=O)c2cc(C(=O)O)ccc21. The highest BCUT2D eigenvalue weighted by Crippen LogP contribution is 2.39. The first-order valence-electron chi connectivity index (χ1n) is 4.85. The molecule has 86 valence electrons. The average molecular weight is 240 g/mol. The molecule has 1 aromatic rings. The van der Waals surface area contributed by atoms with Crippen molar-refractivity contribution in [1.29, 1.82) is 0 Å². The van der Waals surface area contributed by atoms with Crippen LogP contribution in [0.15, 0.2) is 23.1 Å². The predicted octanol–water partition coefficient (Wildman–Crippen LogP) is 1.45. The van der Waals surface area contributed by atoms with Gasteiger partial charge in [-0.05, 0) is 17.7 Å². The van der Waals surface area contributed by atoms with Gasteiger partial charge in [0.2, 0.25) is 0 Å². The molecule has 4 nitrogen and oxygen atoms in total. The summed E-state index contributed by atoms with van der Waals surface area (Å²) in [5, 5.41) is 8.82. The number of rotatable bonds is 1. The lowest BCUT2D eigenvalue weighted by Crippen LogP contribution is -2.18. The third kappa shape index (κ3) is 1.51. The fraction of sp³-hybridized carbons (Fsp3) is 0.364. The lowest BCUT2D eigenvalue weighted by molar-refractivity contribution is 0.0696. The quantitative estimate of drug-likeness (QED) is 0.806. The minimum Gasteiger partial charge on any atom is -0.478 e. The summed E-state index contributed by atoms with van der Waals surface area (Å²) >= 11 is 0. The molecule has 0 unspecified atom stereocenters. The van der Waals surface area contributed by atoms with E-state index in [1.807, 2.05) is 13.8 Å². The van der Waals surface area contributed by atoms with Gasteiger partial charge in [0.05, 0.1) is 16.2 Å². The molecule has 1 heterocycles. The van der Waals surface area contributed by atoms with Crippen LogP contribution < -0.4 is 0 Å². The summed E-state index contributed by atoms with van der Waals surface area (Å²) in [5.41, 5.74) is 0.281. The molecule has 0 atom stereocenters. The molecular formula is C11H12O4S. The second-order valence-electron chi connectivity index (χ2n) is 4.66. The van der Waals surface area contributed by atoms with Gasteiger partial charge >= 0.3 is 5.97 Å². The Morgan fingerprint density at radius 2 is 2.00 bits per heavy atom. The maximum absolute atomic E-state index is 11.9. The molecule has 0 bridgehead atoms. The van der Waals surface area contributed by atoms with Crippen LogP contribution in [0.4, 0.5) is 0 Å². The number of sulfone groups is 1. The molecule has 16 heavy (non-hydrogen) atoms. The number of carboxylic acid groups (broad SMARTS) is 1. The minimum atomic E-state index is -3.33. The highest BCUT2D eigenvalue weighted by molar-refractivity contribution is 7.91. The van der Waals surface area contributed by atoms with Crippen molar-refractivity contribution in [2.24, 2.45) is 0 Å². The van der Waals surface area contributed by atoms with Crippen LogP contribution in [0.1, 0.15) is 29.8 Å². The third-order valence-electron chi connectivity index (χ3n) is 2.84. The lowest BCUT2D eigenvalue weighted by atomic mass is 9.87. The second-order valence-corrected chi connectivity index (χ2v) is 6.62. The normalized spacial score (nSPS) is 20.4. The van der Waals surface area contributed by atoms with Crippen molar-refractivity contribution in [1.82, 2.24) is 0 Å². The van der Waals surface area contributed by atoms with Crippen LogP contribution in [-0.4, -0.2) is 25.2 Å². The van der Waals surface area contributed by atoms with E-state index in [2.05, 4.69) is 0 Å². The van der Waals surface area contributed by atoms with E-state index in [4.69, 9.17) is 5.11 Å². The van der Waals surface area contributed by atoms with Crippen LogP contribution in [0.5, 0.6) is 0 Å². The van der Waals surface area contributed by atoms with Crippen LogP contribution in [0.25, 0.3) is 0 Å². The minimum absolute atomic E-state index is 0.0139. The van der Waals surface area contributed by atoms with Gasteiger partial charge in [0, 0.05) is 5.41 Å². The highest BCUT2D eigenvalue weighted by Gasteiger charge is 2.40. The van der Waals surface area contributed by atoms with Crippen molar-refractivity contribution >= 4 is 15.8 Å². The van der Waals surface area contributed by atoms with Crippen molar-refractivity contribution in [2.75, 3.05) is 5.75 Å². The Hall–Kier alpha value is -1.36. The average Bonchev–Trinajstić information content (AvgIpc) is 2.32. The van der Waals surface area contributed by atoms with Gasteiger partial charge in [-0.1, -0.05) is 19.9 Å². The van der Waals surface area contributed by atoms with Crippen molar-refractivity contribution in [2.45, 2.75) is 24.2 Å². The van der Waals surface area contributed by atoms with Gasteiger partial charge in [-0.3, -0.25) is 0 Å². The summed E-state index contributed by atoms with van der Waals surface area (Å²) in [6.45, 7) is 3.69. The molecule has 5 heteroatoms. The van der Waals surface area contributed by atoms with Crippen molar-refractivity contribution < 1.29 is 18.3 Å². The fourth-order valence-corrected chi connectivity index (χ4v) is 4.35. The monoisotopic (exact) mass is 240 g/mol. The standard InChI is InChI=1S/C11H12O4S/c1-11(2)6-16(14,15)9-5-7(10(12)13)3-4-8(9)11/h3-5H,6H2,1-2H3,(H,12,13). The van der Waals surface area contributed by atoms with Crippen LogP contribution in [-0.2, 0) is 15.3 Å². The van der Waals surface area contributed by atoms with Crippen LogP contribution in [0.3, 0.4) is 0 Å². The summed E-state index contributed by atoms with van der Waals surface area (Å²) in [4.78, 5) is 10.9. The number of fused-ring (bicyclic) bond motifs is 1. The molecule has 0 spiro atoms. The fourth-order valence-electron chi connectivity index (χ4n) is 2.10. The number of aromatic carboxylic acids is 1. The number of benzene rings is 1. The topological polar surface area (TPSA) is 71.4 Å². The zero-order chi connectivity index (χ0) is 12.1. The number of carbonyl (C=O) groups is 1. The summed E-state index contributed by atoms with van der Waals surface area (Å²) in [7, 11) is -3.33. The molecule has 0 amide bonds. The van der Waals surface area contributed by atoms with E-state index in [1.165, 1.54) is 12.1 Å². The van der Waals surface area contributed by atoms with Gasteiger partial charge in [0.25, 0.3) is 0 Å². The van der Waals surface area contributed by atoms with Gasteiger partial charge in [-0.2, -0.15) is 0 Å². The second kappa shape index (κ2) is 3.07. The van der Waals surface area contributed by atoms with Gasteiger partial charge < -0.3 is 5.11 Å². The van der Waals surface area contributed by atoms with Crippen molar-refractivity contribution in [3.8, 4) is 0 Å². The Kier molecular flexibility index (Phi) is 2.14. The molecule has 1 aromatic carbocycles. The summed E-state index contributed by atoms with van der Waals surface area (Å²) < 4.78 is 23.7. The van der Waals surface area contributed by atoms with E-state index < -0.39 is 21.2 Å². The van der Waals surface area contributed by atoms with E-state index in [-0.39, 0.29) is 16.2 Å². The van der Waals surface area contributed by atoms with Gasteiger partial charge in [0.15, 0.2) is 9.84 Å². The Labute approximate surface area is 93.8 Å². The predicted molar refractivity (Wildman–Crippen MR) is 58.5 cm³/mol. The molecular weight excluding hydrogens is 228 g/mol. The number of carboxylic acids is 1. The maximum Gasteiger partial charge on any atom is 0.335 e. The van der Waals surface area contributed by atoms with Crippen molar-refractivity contribution in [3.63, 3.8) is 0 Å². The van der Waals surface area contributed by atoms with E-state index in [1.54, 1.807) is 6.07 Å². The molecule has 2 rings (SSSR count). The molecule has 1 N–H and O–H groups in total. The van der Waals surface area contributed by atoms with Crippen molar-refractivity contribution in [3.05, 3.63) is 29.3 Å². The molecule has 0 saturated carbocycles. The molecule has 0 aliphatic carbocycles. The van der Waals surface area contributed by atoms with Crippen LogP contribution >= 0.6 is 0 Å². The Balaban J connectivity index is 2.73. The Bertz CT molecular complexity index is 570. The highest BCUT2D eigenvalue weighted by atomic mass is 32.2. The van der Waals surface area contributed by atoms with E-state index in [0.29, 0.717) is 5.56 Å². The zero-order valence-electron chi connectivity index (χ0n) is 9.02. The summed E-state index contributed by atoms with van der Waals surface area (Å²) in [6.07, 6.45) is 0. The number of hydrogen-bond donors (Lipinski definition) is 1. The summed E-state index contributed by atoms with van der Waals surface area (Å²) in [6, 6.07) is 4.30. The first kappa shape index (κ1) is 11.1. The van der Waals surface area contributed by atoms with E-state index in [9.17, 15) is 13.2 Å². The molecule has 1 aliphatic rings. The Morgan fingerprint density at radius 3 is 2.56 bits per heavy atom. The Morgan fingerprint density at radius 1 is 1.38 bits per heavy atom. The molecule has 1 aliphatic heterocycles. The first-order chi connectivity index (χ1) is 7.24. The largest absolute Gasteiger partial charge is 0.478 e. The van der Waals surface area contributed by atoms with Gasteiger partial charge in [0.1, 0.15) is 0 Å².